The van der Waals surface area contributed by atoms with Gasteiger partial charge in [0.05, 0.1) is 12.6 Å². The molecular formula is C11H14N6O3S. The van der Waals surface area contributed by atoms with Crippen LogP contribution in [0.25, 0.3) is 0 Å². The molecule has 112 valence electrons. The molecule has 21 heavy (non-hydrogen) atoms. The number of H-pyrrole nitrogens is 1. The second-order valence-electron chi connectivity index (χ2n) is 4.34. The van der Waals surface area contributed by atoms with Gasteiger partial charge in [-0.2, -0.15) is 5.10 Å². The Labute approximate surface area is 124 Å². The van der Waals surface area contributed by atoms with E-state index in [1.165, 1.54) is 27.9 Å². The molecule has 0 aliphatic heterocycles. The van der Waals surface area contributed by atoms with E-state index in [2.05, 4.69) is 25.5 Å². The number of aromatic carboxylic acids is 1. The van der Waals surface area contributed by atoms with Crippen LogP contribution in [0.2, 0.25) is 0 Å². The number of hydrogen-bond acceptors (Lipinski definition) is 6. The fourth-order valence-corrected chi connectivity index (χ4v) is 2.35. The van der Waals surface area contributed by atoms with Crippen LogP contribution < -0.4 is 5.32 Å². The number of carboxylic acids is 1. The molecule has 2 heterocycles. The van der Waals surface area contributed by atoms with Crippen LogP contribution >= 0.6 is 11.3 Å². The van der Waals surface area contributed by atoms with E-state index < -0.39 is 5.97 Å². The molecule has 0 saturated carbocycles. The van der Waals surface area contributed by atoms with Crippen LogP contribution in [0.4, 0.5) is 4.79 Å². The van der Waals surface area contributed by atoms with Gasteiger partial charge < -0.3 is 15.3 Å². The summed E-state index contributed by atoms with van der Waals surface area (Å²) >= 11 is 1.19. The van der Waals surface area contributed by atoms with Crippen LogP contribution in [0.15, 0.2) is 11.7 Å². The van der Waals surface area contributed by atoms with Crippen LogP contribution in [-0.2, 0) is 6.54 Å². The molecule has 0 aromatic carbocycles. The van der Waals surface area contributed by atoms with Crippen molar-refractivity contribution in [3.63, 3.8) is 0 Å². The molecule has 0 radical (unpaired) electrons. The Balaban J connectivity index is 1.93. The predicted octanol–water partition coefficient (Wildman–Crippen LogP) is 0.862. The number of amides is 2. The molecule has 0 bridgehead atoms. The maximum absolute atomic E-state index is 12.0. The van der Waals surface area contributed by atoms with Crippen molar-refractivity contribution in [3.05, 3.63) is 28.2 Å². The van der Waals surface area contributed by atoms with Gasteiger partial charge in [0.15, 0.2) is 5.69 Å². The van der Waals surface area contributed by atoms with E-state index in [0.717, 1.165) is 0 Å². The van der Waals surface area contributed by atoms with E-state index in [1.807, 2.05) is 0 Å². The Hall–Kier alpha value is -2.49. The zero-order valence-electron chi connectivity index (χ0n) is 11.4. The van der Waals surface area contributed by atoms with Crippen LogP contribution in [0.3, 0.4) is 0 Å². The van der Waals surface area contributed by atoms with Crippen molar-refractivity contribution in [1.29, 1.82) is 0 Å². The second-order valence-corrected chi connectivity index (χ2v) is 5.23. The summed E-state index contributed by atoms with van der Waals surface area (Å²) in [4.78, 5) is 32.1. The Morgan fingerprint density at radius 2 is 2.33 bits per heavy atom. The fourth-order valence-electron chi connectivity index (χ4n) is 1.55. The molecule has 2 rings (SSSR count). The lowest BCUT2D eigenvalue weighted by atomic mass is 10.3. The summed E-state index contributed by atoms with van der Waals surface area (Å²) in [5.74, 6) is -0.513. The lowest BCUT2D eigenvalue weighted by molar-refractivity contribution is 0.0691. The van der Waals surface area contributed by atoms with Gasteiger partial charge in [-0.3, -0.25) is 5.10 Å². The summed E-state index contributed by atoms with van der Waals surface area (Å²) < 4.78 is 0. The molecule has 0 saturated heterocycles. The molecule has 9 nitrogen and oxygen atoms in total. The lowest BCUT2D eigenvalue weighted by Gasteiger charge is -2.19. The minimum absolute atomic E-state index is 0.0221. The Morgan fingerprint density at radius 1 is 1.57 bits per heavy atom. The standard InChI is InChI=1S/C11H14N6O3S/c1-6(9-15-7(4-21-9)10(18)19)14-11(20)17(2)3-8-12-5-13-16-8/h4-6H,3H2,1-2H3,(H,14,20)(H,18,19)(H,12,13,16). The van der Waals surface area contributed by atoms with Crippen molar-refractivity contribution in [2.45, 2.75) is 19.5 Å². The number of hydrogen-bond donors (Lipinski definition) is 3. The number of carbonyl (C=O) groups excluding carboxylic acids is 1. The predicted molar refractivity (Wildman–Crippen MR) is 73.9 cm³/mol. The summed E-state index contributed by atoms with van der Waals surface area (Å²) in [7, 11) is 1.62. The van der Waals surface area contributed by atoms with Gasteiger partial charge in [-0.25, -0.2) is 19.6 Å². The average Bonchev–Trinajstić information content (AvgIpc) is 3.09. The molecule has 2 aromatic heterocycles. The zero-order chi connectivity index (χ0) is 15.4. The molecule has 0 aliphatic rings. The number of nitrogens with one attached hydrogen (secondary N) is 2. The van der Waals surface area contributed by atoms with Crippen molar-refractivity contribution in [1.82, 2.24) is 30.4 Å². The Bertz CT molecular complexity index is 626. The highest BCUT2D eigenvalue weighted by atomic mass is 32.1. The van der Waals surface area contributed by atoms with Gasteiger partial charge in [-0.1, -0.05) is 0 Å². The van der Waals surface area contributed by atoms with Crippen molar-refractivity contribution >= 4 is 23.3 Å². The highest BCUT2D eigenvalue weighted by Crippen LogP contribution is 2.18. The monoisotopic (exact) mass is 310 g/mol. The van der Waals surface area contributed by atoms with Crippen molar-refractivity contribution in [2.24, 2.45) is 0 Å². The number of carboxylic acid groups (broad SMARTS) is 1. The minimum atomic E-state index is -1.08. The van der Waals surface area contributed by atoms with Gasteiger partial charge in [-0.05, 0) is 6.92 Å². The fraction of sp³-hybridized carbons (Fsp3) is 0.364. The molecular weight excluding hydrogens is 296 g/mol. The van der Waals surface area contributed by atoms with E-state index in [4.69, 9.17) is 5.11 Å². The average molecular weight is 310 g/mol. The first kappa shape index (κ1) is 14.9. The zero-order valence-corrected chi connectivity index (χ0v) is 12.2. The second kappa shape index (κ2) is 6.31. The first-order valence-electron chi connectivity index (χ1n) is 6.02. The molecule has 0 spiro atoms. The highest BCUT2D eigenvalue weighted by Gasteiger charge is 2.18. The normalized spacial score (nSPS) is 11.9. The first-order valence-corrected chi connectivity index (χ1v) is 6.90. The molecule has 0 fully saturated rings. The van der Waals surface area contributed by atoms with Crippen LogP contribution in [-0.4, -0.2) is 49.2 Å². The van der Waals surface area contributed by atoms with Gasteiger partial charge in [0, 0.05) is 12.4 Å². The summed E-state index contributed by atoms with van der Waals surface area (Å²) in [6.07, 6.45) is 1.37. The molecule has 2 amide bonds. The van der Waals surface area contributed by atoms with Gasteiger partial charge in [0.25, 0.3) is 0 Å². The topological polar surface area (TPSA) is 124 Å². The number of rotatable bonds is 5. The SMILES string of the molecule is CC(NC(=O)N(C)Cc1ncn[nH]1)c1nc(C(=O)O)cs1. The number of aromatic nitrogens is 4. The number of thiazole rings is 1. The number of urea groups is 1. The van der Waals surface area contributed by atoms with Crippen LogP contribution in [0, 0.1) is 0 Å². The smallest absolute Gasteiger partial charge is 0.355 e. The van der Waals surface area contributed by atoms with Crippen LogP contribution in [0.5, 0.6) is 0 Å². The third-order valence-electron chi connectivity index (χ3n) is 2.65. The van der Waals surface area contributed by atoms with Gasteiger partial charge >= 0.3 is 12.0 Å². The Morgan fingerprint density at radius 3 is 2.90 bits per heavy atom. The van der Waals surface area contributed by atoms with E-state index in [9.17, 15) is 9.59 Å². The van der Waals surface area contributed by atoms with E-state index in [-0.39, 0.29) is 24.3 Å². The first-order chi connectivity index (χ1) is 9.97. The van der Waals surface area contributed by atoms with E-state index >= 15 is 0 Å². The van der Waals surface area contributed by atoms with E-state index in [1.54, 1.807) is 14.0 Å². The number of aromatic amines is 1. The van der Waals surface area contributed by atoms with Gasteiger partial charge in [0.2, 0.25) is 0 Å². The number of nitrogens with zero attached hydrogens (tertiary/aromatic N) is 4. The maximum Gasteiger partial charge on any atom is 0.355 e. The van der Waals surface area contributed by atoms with E-state index in [0.29, 0.717) is 10.8 Å². The van der Waals surface area contributed by atoms with Crippen molar-refractivity contribution in [2.75, 3.05) is 7.05 Å². The largest absolute Gasteiger partial charge is 0.476 e. The molecule has 10 heteroatoms. The summed E-state index contributed by atoms with van der Waals surface area (Å²) in [5, 5.41) is 19.9. The third-order valence-corrected chi connectivity index (χ3v) is 3.68. The lowest BCUT2D eigenvalue weighted by Crippen LogP contribution is -2.38. The number of carbonyl (C=O) groups is 2. The molecule has 1 atom stereocenters. The molecule has 1 unspecified atom stereocenters. The van der Waals surface area contributed by atoms with Crippen molar-refractivity contribution < 1.29 is 14.7 Å². The summed E-state index contributed by atoms with van der Waals surface area (Å²) in [6.45, 7) is 2.03. The molecule has 3 N–H and O–H groups in total. The third kappa shape index (κ3) is 3.75. The van der Waals surface area contributed by atoms with Gasteiger partial charge in [-0.15, -0.1) is 11.3 Å². The summed E-state index contributed by atoms with van der Waals surface area (Å²) in [5.41, 5.74) is -0.0221. The minimum Gasteiger partial charge on any atom is -0.476 e. The molecule has 2 aromatic rings. The highest BCUT2D eigenvalue weighted by molar-refractivity contribution is 7.09. The summed E-state index contributed by atoms with van der Waals surface area (Å²) in [6, 6.07) is -0.696. The van der Waals surface area contributed by atoms with Crippen molar-refractivity contribution in [3.8, 4) is 0 Å². The molecule has 0 aliphatic carbocycles. The maximum atomic E-state index is 12.0. The van der Waals surface area contributed by atoms with Crippen LogP contribution in [0.1, 0.15) is 34.3 Å². The Kier molecular flexibility index (Phi) is 4.48. The van der Waals surface area contributed by atoms with Gasteiger partial charge in [0.1, 0.15) is 17.2 Å². The quantitative estimate of drug-likeness (QED) is 0.752.